The normalized spacial score (nSPS) is 12.0. The predicted octanol–water partition coefficient (Wildman–Crippen LogP) is 4.39. The van der Waals surface area contributed by atoms with Crippen LogP contribution < -0.4 is 10.6 Å². The molecular formula is C15H19ClN4. The molecule has 0 radical (unpaired) electrons. The van der Waals surface area contributed by atoms with Gasteiger partial charge in [0.25, 0.3) is 0 Å². The van der Waals surface area contributed by atoms with Crippen molar-refractivity contribution in [3.8, 4) is 0 Å². The summed E-state index contributed by atoms with van der Waals surface area (Å²) in [4.78, 5) is 8.86. The molecule has 0 saturated heterocycles. The van der Waals surface area contributed by atoms with E-state index in [-0.39, 0.29) is 0 Å². The first-order valence-corrected chi connectivity index (χ1v) is 7.09. The molecule has 5 heteroatoms. The highest BCUT2D eigenvalue weighted by molar-refractivity contribution is 6.30. The van der Waals surface area contributed by atoms with Crippen LogP contribution in [0.15, 0.2) is 30.3 Å². The number of nitrogens with one attached hydrogen (secondary N) is 2. The van der Waals surface area contributed by atoms with E-state index in [1.165, 1.54) is 0 Å². The Bertz CT molecular complexity index is 569. The molecule has 0 aliphatic carbocycles. The minimum atomic E-state index is 0.382. The Kier molecular flexibility index (Phi) is 4.79. The lowest BCUT2D eigenvalue weighted by molar-refractivity contribution is 0.758. The highest BCUT2D eigenvalue weighted by Crippen LogP contribution is 2.18. The molecule has 1 aromatic heterocycles. The third kappa shape index (κ3) is 4.10. The van der Waals surface area contributed by atoms with Crippen LogP contribution in [0.4, 0.5) is 17.5 Å². The van der Waals surface area contributed by atoms with Crippen LogP contribution in [0.5, 0.6) is 0 Å². The Balaban J connectivity index is 2.17. The third-order valence-corrected chi connectivity index (χ3v) is 3.21. The second-order valence-electron chi connectivity index (χ2n) is 4.80. The molecular weight excluding hydrogens is 272 g/mol. The summed E-state index contributed by atoms with van der Waals surface area (Å²) in [5, 5.41) is 7.25. The zero-order valence-corrected chi connectivity index (χ0v) is 12.7. The number of aromatic nitrogens is 2. The van der Waals surface area contributed by atoms with Gasteiger partial charge in [0.1, 0.15) is 5.82 Å². The van der Waals surface area contributed by atoms with E-state index < -0.39 is 0 Å². The van der Waals surface area contributed by atoms with Gasteiger partial charge in [-0.25, -0.2) is 4.98 Å². The molecule has 0 amide bonds. The number of nitrogens with zero attached hydrogens (tertiary/aromatic N) is 2. The number of anilines is 3. The number of benzene rings is 1. The van der Waals surface area contributed by atoms with E-state index in [0.29, 0.717) is 17.0 Å². The Labute approximate surface area is 124 Å². The summed E-state index contributed by atoms with van der Waals surface area (Å²) >= 11 is 5.87. The van der Waals surface area contributed by atoms with Crippen molar-refractivity contribution < 1.29 is 0 Å². The Morgan fingerprint density at radius 1 is 1.20 bits per heavy atom. The molecule has 0 aliphatic rings. The lowest BCUT2D eigenvalue weighted by atomic mass is 10.2. The lowest BCUT2D eigenvalue weighted by Crippen LogP contribution is -2.15. The van der Waals surface area contributed by atoms with Gasteiger partial charge in [0.15, 0.2) is 0 Å². The Morgan fingerprint density at radius 3 is 2.55 bits per heavy atom. The molecule has 4 nitrogen and oxygen atoms in total. The van der Waals surface area contributed by atoms with Gasteiger partial charge in [-0.1, -0.05) is 18.5 Å². The van der Waals surface area contributed by atoms with E-state index in [1.54, 1.807) is 0 Å². The summed E-state index contributed by atoms with van der Waals surface area (Å²) in [6.45, 7) is 6.22. The van der Waals surface area contributed by atoms with Gasteiger partial charge < -0.3 is 10.6 Å². The molecule has 1 unspecified atom stereocenters. The maximum absolute atomic E-state index is 5.87. The van der Waals surface area contributed by atoms with Gasteiger partial charge in [-0.15, -0.1) is 0 Å². The fourth-order valence-corrected chi connectivity index (χ4v) is 1.84. The van der Waals surface area contributed by atoms with Crippen LogP contribution in [0.2, 0.25) is 5.02 Å². The quantitative estimate of drug-likeness (QED) is 0.857. The average Bonchev–Trinajstić information content (AvgIpc) is 2.40. The number of hydrogen-bond donors (Lipinski definition) is 2. The molecule has 1 heterocycles. The van der Waals surface area contributed by atoms with Crippen LogP contribution >= 0.6 is 11.6 Å². The fourth-order valence-electron chi connectivity index (χ4n) is 1.72. The van der Waals surface area contributed by atoms with Crippen LogP contribution in [0.3, 0.4) is 0 Å². The SMILES string of the molecule is CCC(C)Nc1cc(C)nc(Nc2ccc(Cl)cc2)n1. The Morgan fingerprint density at radius 2 is 1.90 bits per heavy atom. The van der Waals surface area contributed by atoms with E-state index in [0.717, 1.165) is 23.6 Å². The molecule has 20 heavy (non-hydrogen) atoms. The molecule has 2 aromatic rings. The minimum Gasteiger partial charge on any atom is -0.367 e. The van der Waals surface area contributed by atoms with E-state index in [2.05, 4.69) is 34.4 Å². The van der Waals surface area contributed by atoms with Crippen LogP contribution in [0.25, 0.3) is 0 Å². The molecule has 0 saturated carbocycles. The van der Waals surface area contributed by atoms with Crippen LogP contribution in [0.1, 0.15) is 26.0 Å². The first-order valence-electron chi connectivity index (χ1n) is 6.71. The first-order chi connectivity index (χ1) is 9.56. The second-order valence-corrected chi connectivity index (χ2v) is 5.24. The maximum Gasteiger partial charge on any atom is 0.229 e. The predicted molar refractivity (Wildman–Crippen MR) is 84.9 cm³/mol. The minimum absolute atomic E-state index is 0.382. The summed E-state index contributed by atoms with van der Waals surface area (Å²) in [7, 11) is 0. The van der Waals surface area contributed by atoms with E-state index in [4.69, 9.17) is 11.6 Å². The van der Waals surface area contributed by atoms with Crippen molar-refractivity contribution >= 4 is 29.1 Å². The van der Waals surface area contributed by atoms with E-state index >= 15 is 0 Å². The first kappa shape index (κ1) is 14.6. The summed E-state index contributed by atoms with van der Waals surface area (Å²) in [6, 6.07) is 9.79. The van der Waals surface area contributed by atoms with Crippen molar-refractivity contribution in [3.05, 3.63) is 41.0 Å². The zero-order valence-electron chi connectivity index (χ0n) is 11.9. The van der Waals surface area contributed by atoms with E-state index in [9.17, 15) is 0 Å². The molecule has 0 aliphatic heterocycles. The molecule has 0 bridgehead atoms. The van der Waals surface area contributed by atoms with Gasteiger partial charge in [-0.05, 0) is 44.5 Å². The number of aryl methyl sites for hydroxylation is 1. The molecule has 1 atom stereocenters. The number of rotatable bonds is 5. The van der Waals surface area contributed by atoms with Crippen molar-refractivity contribution in [2.24, 2.45) is 0 Å². The van der Waals surface area contributed by atoms with E-state index in [1.807, 2.05) is 37.3 Å². The second kappa shape index (κ2) is 6.57. The molecule has 2 N–H and O–H groups in total. The summed E-state index contributed by atoms with van der Waals surface area (Å²) in [5.41, 5.74) is 1.83. The monoisotopic (exact) mass is 290 g/mol. The highest BCUT2D eigenvalue weighted by Gasteiger charge is 2.05. The van der Waals surface area contributed by atoms with Gasteiger partial charge in [0, 0.05) is 28.5 Å². The lowest BCUT2D eigenvalue weighted by Gasteiger charge is -2.14. The zero-order chi connectivity index (χ0) is 14.5. The molecule has 2 rings (SSSR count). The van der Waals surface area contributed by atoms with Crippen LogP contribution in [-0.4, -0.2) is 16.0 Å². The number of halogens is 1. The van der Waals surface area contributed by atoms with Gasteiger partial charge in [0.05, 0.1) is 0 Å². The van der Waals surface area contributed by atoms with Crippen molar-refractivity contribution in [1.29, 1.82) is 0 Å². The topological polar surface area (TPSA) is 49.8 Å². The summed E-state index contributed by atoms with van der Waals surface area (Å²) in [5.74, 6) is 1.42. The largest absolute Gasteiger partial charge is 0.367 e. The third-order valence-electron chi connectivity index (χ3n) is 2.96. The van der Waals surface area contributed by atoms with Gasteiger partial charge in [-0.3, -0.25) is 0 Å². The van der Waals surface area contributed by atoms with Crippen molar-refractivity contribution in [3.63, 3.8) is 0 Å². The van der Waals surface area contributed by atoms with Gasteiger partial charge >= 0.3 is 0 Å². The van der Waals surface area contributed by atoms with Crippen molar-refractivity contribution in [2.75, 3.05) is 10.6 Å². The molecule has 106 valence electrons. The molecule has 0 spiro atoms. The van der Waals surface area contributed by atoms with Crippen molar-refractivity contribution in [2.45, 2.75) is 33.2 Å². The number of hydrogen-bond acceptors (Lipinski definition) is 4. The van der Waals surface area contributed by atoms with Gasteiger partial charge in [-0.2, -0.15) is 4.98 Å². The highest BCUT2D eigenvalue weighted by atomic mass is 35.5. The maximum atomic E-state index is 5.87. The Hall–Kier alpha value is -1.81. The fraction of sp³-hybridized carbons (Fsp3) is 0.333. The smallest absolute Gasteiger partial charge is 0.229 e. The standard InChI is InChI=1S/C15H19ClN4/c1-4-10(2)17-14-9-11(3)18-15(20-14)19-13-7-5-12(16)6-8-13/h5-10H,4H2,1-3H3,(H2,17,18,19,20). The van der Waals surface area contributed by atoms with Crippen LogP contribution in [-0.2, 0) is 0 Å². The molecule has 1 aromatic carbocycles. The van der Waals surface area contributed by atoms with Gasteiger partial charge in [0.2, 0.25) is 5.95 Å². The van der Waals surface area contributed by atoms with Crippen molar-refractivity contribution in [1.82, 2.24) is 9.97 Å². The average molecular weight is 291 g/mol. The summed E-state index contributed by atoms with van der Waals surface area (Å²) in [6.07, 6.45) is 1.04. The molecule has 0 fully saturated rings. The summed E-state index contributed by atoms with van der Waals surface area (Å²) < 4.78 is 0. The van der Waals surface area contributed by atoms with Crippen LogP contribution in [0, 0.1) is 6.92 Å².